The third-order valence-electron chi connectivity index (χ3n) is 3.97. The molecule has 1 aliphatic rings. The van der Waals surface area contributed by atoms with Crippen molar-refractivity contribution in [1.82, 2.24) is 9.88 Å². The lowest BCUT2D eigenvalue weighted by atomic mass is 10.1. The zero-order valence-corrected chi connectivity index (χ0v) is 12.2. The summed E-state index contributed by atoms with van der Waals surface area (Å²) in [6.45, 7) is 3.03. The van der Waals surface area contributed by atoms with Crippen molar-refractivity contribution in [3.05, 3.63) is 35.9 Å². The molecule has 1 atom stereocenters. The Hall–Kier alpha value is -1.69. The first-order valence-electron chi connectivity index (χ1n) is 7.31. The van der Waals surface area contributed by atoms with Gasteiger partial charge in [0.1, 0.15) is 5.82 Å². The van der Waals surface area contributed by atoms with Crippen molar-refractivity contribution in [3.8, 4) is 0 Å². The number of nitrogens with one attached hydrogen (secondary N) is 1. The number of benzene rings is 1. The van der Waals surface area contributed by atoms with E-state index in [1.807, 2.05) is 25.2 Å². The fraction of sp³-hybridized carbons (Fsp3) is 0.438. The number of hydrogen-bond acceptors (Lipinski definition) is 5. The summed E-state index contributed by atoms with van der Waals surface area (Å²) in [6, 6.07) is 10.4. The van der Waals surface area contributed by atoms with Gasteiger partial charge in [-0.15, -0.1) is 0 Å². The number of pyridine rings is 1. The Bertz CT molecular complexity index is 617. The molecule has 2 N–H and O–H groups in total. The summed E-state index contributed by atoms with van der Waals surface area (Å²) in [5, 5.41) is 13.8. The van der Waals surface area contributed by atoms with Crippen LogP contribution in [-0.4, -0.2) is 54.4 Å². The van der Waals surface area contributed by atoms with E-state index in [1.165, 1.54) is 0 Å². The molecule has 5 heteroatoms. The lowest BCUT2D eigenvalue weighted by Crippen LogP contribution is -2.46. The van der Waals surface area contributed by atoms with Gasteiger partial charge in [0, 0.05) is 31.1 Å². The van der Waals surface area contributed by atoms with E-state index in [0.29, 0.717) is 13.2 Å². The standard InChI is InChI=1S/C16H21N3O2/c1-17-16-13(8-12-4-2-3-5-15(12)18-16)9-19-6-7-21-11-14(19)10-20/h2-5,8,14,20H,6-7,9-11H2,1H3,(H,17,18). The fourth-order valence-electron chi connectivity index (χ4n) is 2.78. The van der Waals surface area contributed by atoms with E-state index in [1.54, 1.807) is 0 Å². The largest absolute Gasteiger partial charge is 0.395 e. The molecule has 5 nitrogen and oxygen atoms in total. The molecule has 1 unspecified atom stereocenters. The van der Waals surface area contributed by atoms with E-state index >= 15 is 0 Å². The molecule has 0 radical (unpaired) electrons. The smallest absolute Gasteiger partial charge is 0.130 e. The second-order valence-electron chi connectivity index (χ2n) is 5.32. The molecule has 0 bridgehead atoms. The molecule has 112 valence electrons. The van der Waals surface area contributed by atoms with Gasteiger partial charge in [0.05, 0.1) is 31.4 Å². The quantitative estimate of drug-likeness (QED) is 0.892. The van der Waals surface area contributed by atoms with Crippen LogP contribution in [0.5, 0.6) is 0 Å². The zero-order valence-electron chi connectivity index (χ0n) is 12.2. The fourth-order valence-corrected chi connectivity index (χ4v) is 2.78. The van der Waals surface area contributed by atoms with E-state index in [2.05, 4.69) is 27.3 Å². The first kappa shape index (κ1) is 14.3. The van der Waals surface area contributed by atoms with E-state index in [4.69, 9.17) is 4.74 Å². The first-order valence-corrected chi connectivity index (χ1v) is 7.31. The van der Waals surface area contributed by atoms with Gasteiger partial charge in [-0.05, 0) is 12.1 Å². The lowest BCUT2D eigenvalue weighted by Gasteiger charge is -2.34. The summed E-state index contributed by atoms with van der Waals surface area (Å²) in [6.07, 6.45) is 0. The second-order valence-corrected chi connectivity index (χ2v) is 5.32. The van der Waals surface area contributed by atoms with Crippen molar-refractivity contribution in [2.45, 2.75) is 12.6 Å². The van der Waals surface area contributed by atoms with E-state index in [0.717, 1.165) is 35.4 Å². The Morgan fingerprint density at radius 3 is 3.10 bits per heavy atom. The van der Waals surface area contributed by atoms with Gasteiger partial charge in [0.25, 0.3) is 0 Å². The number of rotatable bonds is 4. The molecular weight excluding hydrogens is 266 g/mol. The number of anilines is 1. The highest BCUT2D eigenvalue weighted by molar-refractivity contribution is 5.81. The molecule has 1 aromatic carbocycles. The van der Waals surface area contributed by atoms with E-state index < -0.39 is 0 Å². The topological polar surface area (TPSA) is 57.6 Å². The van der Waals surface area contributed by atoms with Crippen LogP contribution < -0.4 is 5.32 Å². The Labute approximate surface area is 124 Å². The Morgan fingerprint density at radius 1 is 1.43 bits per heavy atom. The number of hydrogen-bond donors (Lipinski definition) is 2. The van der Waals surface area contributed by atoms with Crippen LogP contribution in [0, 0.1) is 0 Å². The normalized spacial score (nSPS) is 19.8. The van der Waals surface area contributed by atoms with Gasteiger partial charge >= 0.3 is 0 Å². The predicted octanol–water partition coefficient (Wildman–Crippen LogP) is 1.47. The predicted molar refractivity (Wildman–Crippen MR) is 83.4 cm³/mol. The number of aliphatic hydroxyl groups is 1. The Morgan fingerprint density at radius 2 is 2.29 bits per heavy atom. The van der Waals surface area contributed by atoms with Crippen LogP contribution in [0.25, 0.3) is 10.9 Å². The van der Waals surface area contributed by atoms with Crippen molar-refractivity contribution >= 4 is 16.7 Å². The summed E-state index contributed by atoms with van der Waals surface area (Å²) >= 11 is 0. The molecule has 0 saturated carbocycles. The molecule has 1 fully saturated rings. The zero-order chi connectivity index (χ0) is 14.7. The number of aromatic nitrogens is 1. The summed E-state index contributed by atoms with van der Waals surface area (Å²) in [7, 11) is 1.89. The Balaban J connectivity index is 1.91. The molecule has 1 saturated heterocycles. The number of aliphatic hydroxyl groups excluding tert-OH is 1. The maximum Gasteiger partial charge on any atom is 0.130 e. The SMILES string of the molecule is CNc1nc2ccccc2cc1CN1CCOCC1CO. The minimum Gasteiger partial charge on any atom is -0.395 e. The van der Waals surface area contributed by atoms with Crippen molar-refractivity contribution < 1.29 is 9.84 Å². The number of fused-ring (bicyclic) bond motifs is 1. The van der Waals surface area contributed by atoms with Gasteiger partial charge < -0.3 is 15.2 Å². The monoisotopic (exact) mass is 287 g/mol. The number of ether oxygens (including phenoxy) is 1. The van der Waals surface area contributed by atoms with Crippen LogP contribution >= 0.6 is 0 Å². The molecule has 2 heterocycles. The Kier molecular flexibility index (Phi) is 4.34. The van der Waals surface area contributed by atoms with Crippen molar-refractivity contribution in [2.75, 3.05) is 38.7 Å². The van der Waals surface area contributed by atoms with E-state index in [-0.39, 0.29) is 12.6 Å². The molecule has 0 spiro atoms. The van der Waals surface area contributed by atoms with Gasteiger partial charge in [-0.25, -0.2) is 4.98 Å². The maximum atomic E-state index is 9.48. The van der Waals surface area contributed by atoms with Crippen LogP contribution in [0.2, 0.25) is 0 Å². The van der Waals surface area contributed by atoms with Crippen LogP contribution in [0.15, 0.2) is 30.3 Å². The highest BCUT2D eigenvalue weighted by Crippen LogP contribution is 2.23. The van der Waals surface area contributed by atoms with Crippen LogP contribution in [0.3, 0.4) is 0 Å². The van der Waals surface area contributed by atoms with Gasteiger partial charge in [-0.2, -0.15) is 0 Å². The summed E-state index contributed by atoms with van der Waals surface area (Å²) in [5.74, 6) is 0.900. The lowest BCUT2D eigenvalue weighted by molar-refractivity contribution is -0.0312. The average Bonchev–Trinajstić information content (AvgIpc) is 2.54. The van der Waals surface area contributed by atoms with Crippen LogP contribution in [0.1, 0.15) is 5.56 Å². The van der Waals surface area contributed by atoms with Crippen LogP contribution in [-0.2, 0) is 11.3 Å². The summed E-state index contributed by atoms with van der Waals surface area (Å²) in [5.41, 5.74) is 2.14. The second kappa shape index (κ2) is 6.39. The van der Waals surface area contributed by atoms with Crippen molar-refractivity contribution in [3.63, 3.8) is 0 Å². The third kappa shape index (κ3) is 3.00. The molecule has 3 rings (SSSR count). The van der Waals surface area contributed by atoms with Crippen LogP contribution in [0.4, 0.5) is 5.82 Å². The maximum absolute atomic E-state index is 9.48. The highest BCUT2D eigenvalue weighted by atomic mass is 16.5. The summed E-state index contributed by atoms with van der Waals surface area (Å²) < 4.78 is 5.43. The van der Waals surface area contributed by atoms with Gasteiger partial charge in [-0.1, -0.05) is 18.2 Å². The molecule has 21 heavy (non-hydrogen) atoms. The third-order valence-corrected chi connectivity index (χ3v) is 3.97. The number of morpholine rings is 1. The van der Waals surface area contributed by atoms with E-state index in [9.17, 15) is 5.11 Å². The molecule has 2 aromatic rings. The van der Waals surface area contributed by atoms with Gasteiger partial charge in [-0.3, -0.25) is 4.90 Å². The number of nitrogens with zero attached hydrogens (tertiary/aromatic N) is 2. The minimum atomic E-state index is 0.0647. The van der Waals surface area contributed by atoms with Crippen molar-refractivity contribution in [1.29, 1.82) is 0 Å². The van der Waals surface area contributed by atoms with Gasteiger partial charge in [0.2, 0.25) is 0 Å². The first-order chi connectivity index (χ1) is 10.3. The number of para-hydroxylation sites is 1. The molecule has 0 amide bonds. The highest BCUT2D eigenvalue weighted by Gasteiger charge is 2.23. The molecular formula is C16H21N3O2. The minimum absolute atomic E-state index is 0.0647. The molecule has 0 aliphatic carbocycles. The van der Waals surface area contributed by atoms with Crippen molar-refractivity contribution in [2.24, 2.45) is 0 Å². The van der Waals surface area contributed by atoms with Gasteiger partial charge in [0.15, 0.2) is 0 Å². The average molecular weight is 287 g/mol. The molecule has 1 aliphatic heterocycles. The summed E-state index contributed by atoms with van der Waals surface area (Å²) in [4.78, 5) is 6.94. The molecule has 1 aromatic heterocycles.